The third-order valence-electron chi connectivity index (χ3n) is 3.26. The van der Waals surface area contributed by atoms with E-state index in [0.29, 0.717) is 11.1 Å². The molecule has 0 aliphatic heterocycles. The summed E-state index contributed by atoms with van der Waals surface area (Å²) in [4.78, 5) is 10.6. The van der Waals surface area contributed by atoms with E-state index in [2.05, 4.69) is 0 Å². The van der Waals surface area contributed by atoms with Crippen molar-refractivity contribution in [1.82, 2.24) is 0 Å². The molecule has 0 amide bonds. The van der Waals surface area contributed by atoms with Crippen LogP contribution in [0, 0.1) is 5.82 Å². The van der Waals surface area contributed by atoms with E-state index in [0.717, 1.165) is 12.8 Å². The molecule has 18 heavy (non-hydrogen) atoms. The maximum atomic E-state index is 13.9. The molecule has 0 saturated carbocycles. The summed E-state index contributed by atoms with van der Waals surface area (Å²) in [6, 6.07) is 3.93. The van der Waals surface area contributed by atoms with Crippen molar-refractivity contribution in [2.24, 2.45) is 5.73 Å². The molecule has 3 nitrogen and oxygen atoms in total. The van der Waals surface area contributed by atoms with Gasteiger partial charge in [-0.05, 0) is 42.4 Å². The Bertz CT molecular complexity index is 416. The summed E-state index contributed by atoms with van der Waals surface area (Å²) in [5.74, 6) is -1.12. The summed E-state index contributed by atoms with van der Waals surface area (Å²) < 4.78 is 13.9. The largest absolute Gasteiger partial charge is 0.480 e. The van der Waals surface area contributed by atoms with Gasteiger partial charge in [-0.2, -0.15) is 0 Å². The zero-order valence-electron chi connectivity index (χ0n) is 10.8. The fourth-order valence-electron chi connectivity index (χ4n) is 2.10. The van der Waals surface area contributed by atoms with Crippen LogP contribution in [0.5, 0.6) is 0 Å². The number of benzene rings is 1. The second-order valence-corrected chi connectivity index (χ2v) is 4.52. The number of aliphatic carboxylic acids is 1. The molecular formula is C14H20FNO2. The van der Waals surface area contributed by atoms with Gasteiger partial charge in [0.25, 0.3) is 0 Å². The first kappa shape index (κ1) is 14.6. The molecule has 0 fully saturated rings. The summed E-state index contributed by atoms with van der Waals surface area (Å²) in [6.45, 7) is 4.06. The third kappa shape index (κ3) is 3.53. The molecular weight excluding hydrogens is 233 g/mol. The van der Waals surface area contributed by atoms with Crippen molar-refractivity contribution in [1.29, 1.82) is 0 Å². The highest BCUT2D eigenvalue weighted by atomic mass is 19.1. The number of hydrogen-bond donors (Lipinski definition) is 2. The quantitative estimate of drug-likeness (QED) is 0.819. The zero-order chi connectivity index (χ0) is 13.7. The van der Waals surface area contributed by atoms with Gasteiger partial charge in [0.1, 0.15) is 11.9 Å². The minimum atomic E-state index is -1.07. The van der Waals surface area contributed by atoms with E-state index in [1.165, 1.54) is 6.07 Å². The monoisotopic (exact) mass is 253 g/mol. The molecule has 0 saturated heterocycles. The first-order chi connectivity index (χ1) is 8.49. The second-order valence-electron chi connectivity index (χ2n) is 4.52. The van der Waals surface area contributed by atoms with Crippen LogP contribution in [0.4, 0.5) is 4.39 Å². The molecule has 1 atom stereocenters. The molecule has 0 radical (unpaired) electrons. The molecule has 1 aromatic rings. The Morgan fingerprint density at radius 3 is 2.44 bits per heavy atom. The van der Waals surface area contributed by atoms with Gasteiger partial charge in [0, 0.05) is 0 Å². The highest BCUT2D eigenvalue weighted by Gasteiger charge is 2.15. The maximum Gasteiger partial charge on any atom is 0.320 e. The van der Waals surface area contributed by atoms with Gasteiger partial charge in [0.05, 0.1) is 0 Å². The van der Waals surface area contributed by atoms with E-state index < -0.39 is 12.0 Å². The summed E-state index contributed by atoms with van der Waals surface area (Å²) >= 11 is 0. The Morgan fingerprint density at radius 2 is 2.00 bits per heavy atom. The lowest BCUT2D eigenvalue weighted by atomic mass is 9.92. The van der Waals surface area contributed by atoms with Crippen molar-refractivity contribution < 1.29 is 14.3 Å². The van der Waals surface area contributed by atoms with Crippen molar-refractivity contribution >= 4 is 5.97 Å². The van der Waals surface area contributed by atoms with E-state index in [-0.39, 0.29) is 18.2 Å². The number of hydrogen-bond acceptors (Lipinski definition) is 2. The lowest BCUT2D eigenvalue weighted by molar-refractivity contribution is -0.138. The van der Waals surface area contributed by atoms with Gasteiger partial charge in [-0.25, -0.2) is 4.39 Å². The summed E-state index contributed by atoms with van der Waals surface area (Å²) in [5.41, 5.74) is 6.75. The van der Waals surface area contributed by atoms with E-state index in [4.69, 9.17) is 10.8 Å². The number of carboxylic acids is 1. The van der Waals surface area contributed by atoms with Gasteiger partial charge >= 0.3 is 5.97 Å². The predicted molar refractivity (Wildman–Crippen MR) is 69.0 cm³/mol. The Balaban J connectivity index is 2.88. The van der Waals surface area contributed by atoms with Crippen LogP contribution in [0.1, 0.15) is 43.7 Å². The maximum absolute atomic E-state index is 13.9. The van der Waals surface area contributed by atoms with Gasteiger partial charge in [-0.3, -0.25) is 4.79 Å². The lowest BCUT2D eigenvalue weighted by Gasteiger charge is -2.15. The van der Waals surface area contributed by atoms with E-state index in [1.807, 2.05) is 13.8 Å². The topological polar surface area (TPSA) is 63.3 Å². The number of halogens is 1. The first-order valence-corrected chi connectivity index (χ1v) is 6.26. The molecule has 1 aromatic carbocycles. The lowest BCUT2D eigenvalue weighted by Crippen LogP contribution is -2.32. The molecule has 100 valence electrons. The summed E-state index contributed by atoms with van der Waals surface area (Å²) in [7, 11) is 0. The smallest absolute Gasteiger partial charge is 0.320 e. The van der Waals surface area contributed by atoms with Crippen LogP contribution in [-0.2, 0) is 11.2 Å². The standard InChI is InChI=1S/C14H20FNO2/c1-3-10(4-2)11-6-5-9(7-12(11)15)8-13(16)14(17)18/h5-7,10,13H,3-4,8,16H2,1-2H3,(H,17,18). The average Bonchev–Trinajstić information content (AvgIpc) is 2.33. The molecule has 0 aliphatic rings. The number of rotatable bonds is 6. The van der Waals surface area contributed by atoms with E-state index in [1.54, 1.807) is 12.1 Å². The fraction of sp³-hybridized carbons (Fsp3) is 0.500. The SMILES string of the molecule is CCC(CC)c1ccc(CC(N)C(=O)O)cc1F. The molecule has 0 spiro atoms. The number of carbonyl (C=O) groups is 1. The highest BCUT2D eigenvalue weighted by molar-refractivity contribution is 5.73. The molecule has 0 bridgehead atoms. The first-order valence-electron chi connectivity index (χ1n) is 6.26. The van der Waals surface area contributed by atoms with Gasteiger partial charge in [-0.15, -0.1) is 0 Å². The molecule has 0 heterocycles. The van der Waals surface area contributed by atoms with Crippen LogP contribution >= 0.6 is 0 Å². The fourth-order valence-corrected chi connectivity index (χ4v) is 2.10. The van der Waals surface area contributed by atoms with E-state index >= 15 is 0 Å². The van der Waals surface area contributed by atoms with Crippen molar-refractivity contribution in [2.45, 2.75) is 45.1 Å². The summed E-state index contributed by atoms with van der Waals surface area (Å²) in [5, 5.41) is 8.71. The average molecular weight is 253 g/mol. The summed E-state index contributed by atoms with van der Waals surface area (Å²) in [6.07, 6.45) is 1.93. The predicted octanol–water partition coefficient (Wildman–Crippen LogP) is 2.68. The van der Waals surface area contributed by atoms with Crippen LogP contribution in [0.3, 0.4) is 0 Å². The van der Waals surface area contributed by atoms with Crippen LogP contribution in [0.2, 0.25) is 0 Å². The highest BCUT2D eigenvalue weighted by Crippen LogP contribution is 2.26. The van der Waals surface area contributed by atoms with Gasteiger partial charge in [-0.1, -0.05) is 26.0 Å². The molecule has 3 N–H and O–H groups in total. The molecule has 4 heteroatoms. The van der Waals surface area contributed by atoms with Crippen LogP contribution in [0.15, 0.2) is 18.2 Å². The van der Waals surface area contributed by atoms with Crippen molar-refractivity contribution in [2.75, 3.05) is 0 Å². The Hall–Kier alpha value is -1.42. The number of nitrogens with two attached hydrogens (primary N) is 1. The van der Waals surface area contributed by atoms with Crippen molar-refractivity contribution in [3.63, 3.8) is 0 Å². The number of carboxylic acid groups (broad SMARTS) is 1. The molecule has 0 aromatic heterocycles. The third-order valence-corrected chi connectivity index (χ3v) is 3.26. The molecule has 0 aliphatic carbocycles. The minimum absolute atomic E-state index is 0.148. The van der Waals surface area contributed by atoms with Crippen LogP contribution in [0.25, 0.3) is 0 Å². The Morgan fingerprint density at radius 1 is 1.39 bits per heavy atom. The van der Waals surface area contributed by atoms with Crippen LogP contribution in [-0.4, -0.2) is 17.1 Å². The normalized spacial score (nSPS) is 12.7. The zero-order valence-corrected chi connectivity index (χ0v) is 10.8. The van der Waals surface area contributed by atoms with Gasteiger partial charge in [0.15, 0.2) is 0 Å². The second kappa shape index (κ2) is 6.50. The Kier molecular flexibility index (Phi) is 5.28. The van der Waals surface area contributed by atoms with Crippen molar-refractivity contribution in [3.05, 3.63) is 35.1 Å². The Labute approximate surface area is 107 Å². The molecule has 1 unspecified atom stereocenters. The van der Waals surface area contributed by atoms with Gasteiger partial charge in [0.2, 0.25) is 0 Å². The van der Waals surface area contributed by atoms with E-state index in [9.17, 15) is 9.18 Å². The van der Waals surface area contributed by atoms with Gasteiger partial charge < -0.3 is 10.8 Å². The van der Waals surface area contributed by atoms with Crippen molar-refractivity contribution in [3.8, 4) is 0 Å². The minimum Gasteiger partial charge on any atom is -0.480 e. The van der Waals surface area contributed by atoms with Crippen LogP contribution < -0.4 is 5.73 Å². The molecule has 1 rings (SSSR count).